The van der Waals surface area contributed by atoms with Crippen LogP contribution in [0.2, 0.25) is 0 Å². The third-order valence-electron chi connectivity index (χ3n) is 3.24. The Kier molecular flexibility index (Phi) is 4.73. The van der Waals surface area contributed by atoms with Crippen LogP contribution in [0.4, 0.5) is 0 Å². The predicted octanol–water partition coefficient (Wildman–Crippen LogP) is 3.59. The quantitative estimate of drug-likeness (QED) is 0.690. The van der Waals surface area contributed by atoms with Gasteiger partial charge >= 0.3 is 0 Å². The predicted molar refractivity (Wildman–Crippen MR) is 86.4 cm³/mol. The van der Waals surface area contributed by atoms with Crippen LogP contribution in [0.15, 0.2) is 53.1 Å². The van der Waals surface area contributed by atoms with Crippen molar-refractivity contribution in [3.8, 4) is 29.0 Å². The highest BCUT2D eigenvalue weighted by Crippen LogP contribution is 2.27. The number of benzene rings is 2. The molecular weight excluding hydrogens is 306 g/mol. The Morgan fingerprint density at radius 2 is 1.88 bits per heavy atom. The lowest BCUT2D eigenvalue weighted by molar-refractivity contribution is 0.243. The molecule has 0 atom stereocenters. The van der Waals surface area contributed by atoms with Crippen molar-refractivity contribution < 1.29 is 14.0 Å². The highest BCUT2D eigenvalue weighted by molar-refractivity contribution is 5.63. The molecule has 3 aromatic rings. The van der Waals surface area contributed by atoms with Crippen molar-refractivity contribution in [1.82, 2.24) is 10.1 Å². The highest BCUT2D eigenvalue weighted by atomic mass is 16.5. The first kappa shape index (κ1) is 15.6. The van der Waals surface area contributed by atoms with Crippen molar-refractivity contribution in [3.05, 3.63) is 60.0 Å². The van der Waals surface area contributed by atoms with Gasteiger partial charge in [-0.05, 0) is 43.3 Å². The lowest BCUT2D eigenvalue weighted by Crippen LogP contribution is -1.96. The van der Waals surface area contributed by atoms with E-state index in [0.717, 1.165) is 5.56 Å². The average molecular weight is 321 g/mol. The normalized spacial score (nSPS) is 10.2. The van der Waals surface area contributed by atoms with Crippen LogP contribution in [0.1, 0.15) is 18.4 Å². The Morgan fingerprint density at radius 3 is 2.62 bits per heavy atom. The van der Waals surface area contributed by atoms with E-state index in [9.17, 15) is 0 Å². The van der Waals surface area contributed by atoms with Gasteiger partial charge in [0.05, 0.1) is 23.8 Å². The second kappa shape index (κ2) is 7.29. The van der Waals surface area contributed by atoms with Crippen molar-refractivity contribution >= 4 is 0 Å². The monoisotopic (exact) mass is 321 g/mol. The average Bonchev–Trinajstić information content (AvgIpc) is 3.10. The van der Waals surface area contributed by atoms with E-state index >= 15 is 0 Å². The van der Waals surface area contributed by atoms with Crippen LogP contribution in [-0.4, -0.2) is 16.7 Å². The van der Waals surface area contributed by atoms with Crippen molar-refractivity contribution in [2.75, 3.05) is 6.61 Å². The lowest BCUT2D eigenvalue weighted by atomic mass is 10.2. The number of nitriles is 1. The summed E-state index contributed by atoms with van der Waals surface area (Å²) in [5.74, 6) is 2.15. The molecule has 2 aromatic carbocycles. The number of para-hydroxylation sites is 1. The number of rotatable bonds is 6. The van der Waals surface area contributed by atoms with Crippen LogP contribution in [0.25, 0.3) is 11.4 Å². The molecule has 0 radical (unpaired) electrons. The fourth-order valence-corrected chi connectivity index (χ4v) is 2.13. The molecule has 0 aliphatic carbocycles. The number of nitrogens with zero attached hydrogens (tertiary/aromatic N) is 3. The molecule has 1 aromatic heterocycles. The van der Waals surface area contributed by atoms with Gasteiger partial charge in [0.25, 0.3) is 5.89 Å². The van der Waals surface area contributed by atoms with Gasteiger partial charge in [-0.3, -0.25) is 0 Å². The van der Waals surface area contributed by atoms with Gasteiger partial charge in [-0.2, -0.15) is 10.2 Å². The van der Waals surface area contributed by atoms with Gasteiger partial charge in [0.15, 0.2) is 6.61 Å². The first-order valence-corrected chi connectivity index (χ1v) is 7.48. The van der Waals surface area contributed by atoms with E-state index in [1.165, 1.54) is 0 Å². The van der Waals surface area contributed by atoms with E-state index in [1.54, 1.807) is 24.3 Å². The molecule has 0 saturated carbocycles. The second-order valence-corrected chi connectivity index (χ2v) is 4.87. The summed E-state index contributed by atoms with van der Waals surface area (Å²) in [5, 5.41) is 12.8. The maximum atomic E-state index is 8.77. The molecule has 6 heteroatoms. The first-order chi connectivity index (χ1) is 11.8. The zero-order valence-corrected chi connectivity index (χ0v) is 13.1. The summed E-state index contributed by atoms with van der Waals surface area (Å²) in [6.07, 6.45) is 0. The second-order valence-electron chi connectivity index (χ2n) is 4.87. The van der Waals surface area contributed by atoms with Gasteiger partial charge in [0.2, 0.25) is 5.82 Å². The first-order valence-electron chi connectivity index (χ1n) is 7.48. The Balaban J connectivity index is 1.70. The highest BCUT2D eigenvalue weighted by Gasteiger charge is 2.13. The van der Waals surface area contributed by atoms with Crippen LogP contribution in [0.5, 0.6) is 11.5 Å². The zero-order valence-electron chi connectivity index (χ0n) is 13.1. The van der Waals surface area contributed by atoms with Crippen LogP contribution >= 0.6 is 0 Å². The van der Waals surface area contributed by atoms with E-state index in [1.807, 2.05) is 31.2 Å². The van der Waals surface area contributed by atoms with Gasteiger partial charge < -0.3 is 14.0 Å². The van der Waals surface area contributed by atoms with Gasteiger partial charge in [-0.1, -0.05) is 17.3 Å². The molecule has 0 amide bonds. The Morgan fingerprint density at radius 1 is 1.08 bits per heavy atom. The minimum absolute atomic E-state index is 0.149. The molecule has 24 heavy (non-hydrogen) atoms. The summed E-state index contributed by atoms with van der Waals surface area (Å²) in [6.45, 7) is 2.63. The summed E-state index contributed by atoms with van der Waals surface area (Å²) in [5.41, 5.74) is 1.35. The molecule has 0 saturated heterocycles. The maximum absolute atomic E-state index is 8.77. The van der Waals surface area contributed by atoms with E-state index in [0.29, 0.717) is 35.4 Å². The third-order valence-corrected chi connectivity index (χ3v) is 3.24. The number of aromatic nitrogens is 2. The number of ether oxygens (including phenoxy) is 2. The fourth-order valence-electron chi connectivity index (χ4n) is 2.13. The largest absolute Gasteiger partial charge is 0.493 e. The molecule has 0 spiro atoms. The SMILES string of the molecule is CCOc1ccccc1-c1noc(COc2ccc(C#N)cc2)n1. The molecule has 1 heterocycles. The summed E-state index contributed by atoms with van der Waals surface area (Å²) >= 11 is 0. The van der Waals surface area contributed by atoms with Crippen molar-refractivity contribution in [2.45, 2.75) is 13.5 Å². The van der Waals surface area contributed by atoms with Gasteiger partial charge in [-0.15, -0.1) is 0 Å². The minimum atomic E-state index is 0.149. The van der Waals surface area contributed by atoms with E-state index in [4.69, 9.17) is 19.3 Å². The smallest absolute Gasteiger partial charge is 0.264 e. The number of hydrogen-bond acceptors (Lipinski definition) is 6. The summed E-state index contributed by atoms with van der Waals surface area (Å²) < 4.78 is 16.4. The standard InChI is InChI=1S/C18H15N3O3/c1-2-22-16-6-4-3-5-15(16)18-20-17(24-21-18)12-23-14-9-7-13(11-19)8-10-14/h3-10H,2,12H2,1H3. The lowest BCUT2D eigenvalue weighted by Gasteiger charge is -2.06. The number of hydrogen-bond donors (Lipinski definition) is 0. The Hall–Kier alpha value is -3.33. The van der Waals surface area contributed by atoms with E-state index in [-0.39, 0.29) is 6.61 Å². The van der Waals surface area contributed by atoms with Crippen LogP contribution < -0.4 is 9.47 Å². The zero-order chi connectivity index (χ0) is 16.8. The topological polar surface area (TPSA) is 81.2 Å². The molecule has 0 aliphatic rings. The molecule has 0 unspecified atom stereocenters. The van der Waals surface area contributed by atoms with E-state index < -0.39 is 0 Å². The van der Waals surface area contributed by atoms with Crippen molar-refractivity contribution in [1.29, 1.82) is 5.26 Å². The molecule has 3 rings (SSSR count). The van der Waals surface area contributed by atoms with E-state index in [2.05, 4.69) is 16.2 Å². The molecular formula is C18H15N3O3. The van der Waals surface area contributed by atoms with Crippen molar-refractivity contribution in [3.63, 3.8) is 0 Å². The molecule has 120 valence electrons. The molecule has 0 bridgehead atoms. The molecule has 0 aliphatic heterocycles. The van der Waals surface area contributed by atoms with Gasteiger partial charge in [0.1, 0.15) is 11.5 Å². The Bertz CT molecular complexity index is 850. The van der Waals surface area contributed by atoms with Crippen LogP contribution in [0.3, 0.4) is 0 Å². The molecule has 0 N–H and O–H groups in total. The Labute approximate surface area is 139 Å². The maximum Gasteiger partial charge on any atom is 0.264 e. The summed E-state index contributed by atoms with van der Waals surface area (Å²) in [6, 6.07) is 16.4. The van der Waals surface area contributed by atoms with Crippen molar-refractivity contribution in [2.24, 2.45) is 0 Å². The van der Waals surface area contributed by atoms with Crippen LogP contribution in [0, 0.1) is 11.3 Å². The van der Waals surface area contributed by atoms with Gasteiger partial charge in [0, 0.05) is 0 Å². The summed E-state index contributed by atoms with van der Waals surface area (Å²) in [4.78, 5) is 4.34. The third kappa shape index (κ3) is 3.52. The molecule has 6 nitrogen and oxygen atoms in total. The summed E-state index contributed by atoms with van der Waals surface area (Å²) in [7, 11) is 0. The van der Waals surface area contributed by atoms with Crippen LogP contribution in [-0.2, 0) is 6.61 Å². The van der Waals surface area contributed by atoms with Gasteiger partial charge in [-0.25, -0.2) is 0 Å². The fraction of sp³-hybridized carbons (Fsp3) is 0.167. The molecule has 0 fully saturated rings. The minimum Gasteiger partial charge on any atom is -0.493 e.